The highest BCUT2D eigenvalue weighted by atomic mass is 35.5. The Hall–Kier alpha value is -1.74. The van der Waals surface area contributed by atoms with E-state index in [0.29, 0.717) is 6.07 Å². The van der Waals surface area contributed by atoms with Gasteiger partial charge in [0.25, 0.3) is 0 Å². The molecule has 0 atom stereocenters. The second-order valence-electron chi connectivity index (χ2n) is 4.20. The number of nitrogens with zero attached hydrogens (tertiary/aromatic N) is 2. The molecule has 2 rings (SSSR count). The van der Waals surface area contributed by atoms with Gasteiger partial charge in [-0.3, -0.25) is 0 Å². The van der Waals surface area contributed by atoms with E-state index < -0.39 is 43.5 Å². The summed E-state index contributed by atoms with van der Waals surface area (Å²) in [6.07, 6.45) is -4.69. The average molecular weight is 355 g/mol. The summed E-state index contributed by atoms with van der Waals surface area (Å²) < 4.78 is 74.6. The molecule has 0 aliphatic heterocycles. The molecule has 4 nitrogen and oxygen atoms in total. The van der Waals surface area contributed by atoms with Gasteiger partial charge in [-0.1, -0.05) is 17.7 Å². The third-order valence-electron chi connectivity index (χ3n) is 2.56. The minimum absolute atomic E-state index is 0.205. The van der Waals surface area contributed by atoms with Gasteiger partial charge in [0, 0.05) is 0 Å². The number of pyridine rings is 2. The molecule has 0 bridgehead atoms. The fourth-order valence-corrected chi connectivity index (χ4v) is 3.08. The zero-order chi connectivity index (χ0) is 16.5. The quantitative estimate of drug-likeness (QED) is 0.627. The van der Waals surface area contributed by atoms with E-state index in [1.165, 1.54) is 0 Å². The SMILES string of the molecule is O=S(=O)(Cc1ccc(C(F)(F)F)c(Cl)n1)c1cccc(F)n1. The van der Waals surface area contributed by atoms with Gasteiger partial charge >= 0.3 is 6.18 Å². The summed E-state index contributed by atoms with van der Waals surface area (Å²) in [5.41, 5.74) is -1.37. The summed E-state index contributed by atoms with van der Waals surface area (Å²) in [6, 6.07) is 4.73. The number of hydrogen-bond donors (Lipinski definition) is 0. The van der Waals surface area contributed by atoms with Gasteiger partial charge in [-0.25, -0.2) is 18.4 Å². The van der Waals surface area contributed by atoms with Gasteiger partial charge < -0.3 is 0 Å². The summed E-state index contributed by atoms with van der Waals surface area (Å²) >= 11 is 5.41. The standard InChI is InChI=1S/C12H7ClF4N2O2S/c13-11-8(12(15,16)17)5-4-7(18-11)6-22(20,21)10-3-1-2-9(14)19-10/h1-5H,6H2. The minimum atomic E-state index is -4.69. The molecule has 0 aromatic carbocycles. The Balaban J connectivity index is 2.33. The Morgan fingerprint density at radius 1 is 1.09 bits per heavy atom. The Bertz CT molecular complexity index is 809. The van der Waals surface area contributed by atoms with E-state index in [2.05, 4.69) is 9.97 Å². The van der Waals surface area contributed by atoms with E-state index in [1.807, 2.05) is 0 Å². The second-order valence-corrected chi connectivity index (χ2v) is 6.49. The van der Waals surface area contributed by atoms with E-state index in [1.54, 1.807) is 0 Å². The number of sulfone groups is 1. The molecule has 0 unspecified atom stereocenters. The van der Waals surface area contributed by atoms with Crippen molar-refractivity contribution in [3.05, 3.63) is 52.7 Å². The highest BCUT2D eigenvalue weighted by molar-refractivity contribution is 7.90. The molecule has 0 aliphatic rings. The van der Waals surface area contributed by atoms with Gasteiger partial charge in [-0.2, -0.15) is 17.6 Å². The van der Waals surface area contributed by atoms with Gasteiger partial charge in [0.15, 0.2) is 5.03 Å². The smallest absolute Gasteiger partial charge is 0.239 e. The molecule has 0 saturated carbocycles. The average Bonchev–Trinajstić information content (AvgIpc) is 2.36. The summed E-state index contributed by atoms with van der Waals surface area (Å²) in [7, 11) is -4.05. The molecule has 0 radical (unpaired) electrons. The number of hydrogen-bond acceptors (Lipinski definition) is 4. The predicted molar refractivity (Wildman–Crippen MR) is 69.3 cm³/mol. The predicted octanol–water partition coefficient (Wildman–Crippen LogP) is 3.26. The van der Waals surface area contributed by atoms with Crippen LogP contribution in [-0.4, -0.2) is 18.4 Å². The first-order chi connectivity index (χ1) is 10.1. The Labute approximate surface area is 127 Å². The molecular weight excluding hydrogens is 348 g/mol. The number of rotatable bonds is 3. The van der Waals surface area contributed by atoms with Crippen molar-refractivity contribution in [2.24, 2.45) is 0 Å². The third kappa shape index (κ3) is 3.72. The molecule has 118 valence electrons. The van der Waals surface area contributed by atoms with E-state index in [0.717, 1.165) is 24.3 Å². The van der Waals surface area contributed by atoms with Crippen molar-refractivity contribution in [2.45, 2.75) is 17.0 Å². The van der Waals surface area contributed by atoms with Crippen molar-refractivity contribution in [3.63, 3.8) is 0 Å². The fourth-order valence-electron chi connectivity index (χ4n) is 1.60. The summed E-state index contributed by atoms with van der Waals surface area (Å²) in [4.78, 5) is 6.64. The van der Waals surface area contributed by atoms with Gasteiger partial charge in [-0.15, -0.1) is 0 Å². The largest absolute Gasteiger partial charge is 0.419 e. The van der Waals surface area contributed by atoms with Crippen molar-refractivity contribution in [1.29, 1.82) is 0 Å². The number of halogens is 5. The lowest BCUT2D eigenvalue weighted by Gasteiger charge is -2.09. The fraction of sp³-hybridized carbons (Fsp3) is 0.167. The Morgan fingerprint density at radius 3 is 2.32 bits per heavy atom. The van der Waals surface area contributed by atoms with E-state index in [9.17, 15) is 26.0 Å². The van der Waals surface area contributed by atoms with Crippen LogP contribution in [0.25, 0.3) is 0 Å². The first-order valence-electron chi connectivity index (χ1n) is 5.67. The van der Waals surface area contributed by atoms with Crippen LogP contribution < -0.4 is 0 Å². The van der Waals surface area contributed by atoms with Crippen LogP contribution in [0, 0.1) is 5.95 Å². The maximum absolute atomic E-state index is 12.9. The normalized spacial score (nSPS) is 12.4. The lowest BCUT2D eigenvalue weighted by Crippen LogP contribution is -2.11. The lowest BCUT2D eigenvalue weighted by molar-refractivity contribution is -0.137. The molecule has 0 aliphatic carbocycles. The molecule has 0 saturated heterocycles. The van der Waals surface area contributed by atoms with Gasteiger partial charge in [0.1, 0.15) is 5.15 Å². The highest BCUT2D eigenvalue weighted by Gasteiger charge is 2.34. The van der Waals surface area contributed by atoms with Crippen LogP contribution in [0.1, 0.15) is 11.3 Å². The first kappa shape index (κ1) is 16.6. The highest BCUT2D eigenvalue weighted by Crippen LogP contribution is 2.33. The van der Waals surface area contributed by atoms with Crippen LogP contribution in [0.15, 0.2) is 35.4 Å². The topological polar surface area (TPSA) is 59.9 Å². The van der Waals surface area contributed by atoms with Crippen LogP contribution in [-0.2, 0) is 21.8 Å². The molecule has 0 spiro atoms. The van der Waals surface area contributed by atoms with Crippen LogP contribution in [0.2, 0.25) is 5.15 Å². The monoisotopic (exact) mass is 354 g/mol. The molecule has 0 N–H and O–H groups in total. The van der Waals surface area contributed by atoms with Crippen LogP contribution in [0.4, 0.5) is 17.6 Å². The molecular formula is C12H7ClF4N2O2S. The van der Waals surface area contributed by atoms with Crippen LogP contribution in [0.3, 0.4) is 0 Å². The van der Waals surface area contributed by atoms with Crippen molar-refractivity contribution >= 4 is 21.4 Å². The molecule has 0 fully saturated rings. The van der Waals surface area contributed by atoms with Crippen molar-refractivity contribution in [1.82, 2.24) is 9.97 Å². The third-order valence-corrected chi connectivity index (χ3v) is 4.39. The lowest BCUT2D eigenvalue weighted by atomic mass is 10.2. The Kier molecular flexibility index (Phi) is 4.39. The molecule has 2 aromatic rings. The summed E-state index contributed by atoms with van der Waals surface area (Å²) in [5, 5.41) is -1.39. The van der Waals surface area contributed by atoms with Crippen molar-refractivity contribution < 1.29 is 26.0 Å². The minimum Gasteiger partial charge on any atom is -0.239 e. The maximum Gasteiger partial charge on any atom is 0.419 e. The number of alkyl halides is 3. The zero-order valence-electron chi connectivity index (χ0n) is 10.6. The van der Waals surface area contributed by atoms with Gasteiger partial charge in [0.05, 0.1) is 17.0 Å². The Morgan fingerprint density at radius 2 is 1.77 bits per heavy atom. The molecule has 2 aromatic heterocycles. The first-order valence-corrected chi connectivity index (χ1v) is 7.70. The maximum atomic E-state index is 12.9. The van der Waals surface area contributed by atoms with E-state index in [-0.39, 0.29) is 5.69 Å². The number of aromatic nitrogens is 2. The molecule has 2 heterocycles. The van der Waals surface area contributed by atoms with E-state index >= 15 is 0 Å². The second kappa shape index (κ2) is 5.81. The summed E-state index contributed by atoms with van der Waals surface area (Å²) in [5.74, 6) is -1.74. The van der Waals surface area contributed by atoms with Gasteiger partial charge in [0.2, 0.25) is 15.8 Å². The van der Waals surface area contributed by atoms with Crippen LogP contribution >= 0.6 is 11.6 Å². The zero-order valence-corrected chi connectivity index (χ0v) is 12.2. The van der Waals surface area contributed by atoms with Gasteiger partial charge in [-0.05, 0) is 24.3 Å². The summed E-state index contributed by atoms with van der Waals surface area (Å²) in [6.45, 7) is 0. The molecule has 22 heavy (non-hydrogen) atoms. The van der Waals surface area contributed by atoms with Crippen molar-refractivity contribution in [3.8, 4) is 0 Å². The van der Waals surface area contributed by atoms with Crippen molar-refractivity contribution in [2.75, 3.05) is 0 Å². The van der Waals surface area contributed by atoms with Crippen LogP contribution in [0.5, 0.6) is 0 Å². The molecule has 0 amide bonds. The van der Waals surface area contributed by atoms with E-state index in [4.69, 9.17) is 11.6 Å². The molecule has 10 heteroatoms.